The molecule has 2 aromatic carbocycles. The molecule has 1 saturated heterocycles. The van der Waals surface area contributed by atoms with Crippen molar-refractivity contribution in [1.29, 1.82) is 5.26 Å². The number of fused-ring (bicyclic) bond motifs is 3. The summed E-state index contributed by atoms with van der Waals surface area (Å²) in [6.45, 7) is 11.5. The van der Waals surface area contributed by atoms with Crippen LogP contribution in [0.4, 0.5) is 0 Å². The minimum absolute atomic E-state index is 0.0223. The number of hydrogen-bond donors (Lipinski definition) is 2. The van der Waals surface area contributed by atoms with Gasteiger partial charge in [-0.05, 0) is 91.0 Å². The summed E-state index contributed by atoms with van der Waals surface area (Å²) in [4.78, 5) is 23.5. The van der Waals surface area contributed by atoms with Crippen LogP contribution in [0.1, 0.15) is 64.4 Å². The smallest absolute Gasteiger partial charge is 0.253 e. The van der Waals surface area contributed by atoms with E-state index in [0.29, 0.717) is 36.3 Å². The normalized spacial score (nSPS) is 24.2. The van der Waals surface area contributed by atoms with Gasteiger partial charge in [-0.15, -0.1) is 0 Å². The van der Waals surface area contributed by atoms with Crippen molar-refractivity contribution in [2.24, 2.45) is 16.6 Å². The number of rotatable bonds is 10. The van der Waals surface area contributed by atoms with E-state index in [1.165, 1.54) is 5.56 Å². The minimum atomic E-state index is -0.717. The third-order valence-electron chi connectivity index (χ3n) is 9.88. The van der Waals surface area contributed by atoms with E-state index < -0.39 is 5.41 Å². The molecule has 2 aliphatic carbocycles. The average Bonchev–Trinajstić information content (AvgIpc) is 3.71. The molecule has 2 fully saturated rings. The summed E-state index contributed by atoms with van der Waals surface area (Å²) >= 11 is 0. The lowest BCUT2D eigenvalue weighted by Crippen LogP contribution is -2.48. The molecule has 2 unspecified atom stereocenters. The van der Waals surface area contributed by atoms with E-state index in [1.807, 2.05) is 31.1 Å². The Morgan fingerprint density at radius 3 is 2.27 bits per heavy atom. The molecule has 232 valence electrons. The second-order valence-corrected chi connectivity index (χ2v) is 13.2. The summed E-state index contributed by atoms with van der Waals surface area (Å²) in [5, 5.41) is 13.4. The molecule has 5 rings (SSSR count). The van der Waals surface area contributed by atoms with Gasteiger partial charge in [0.25, 0.3) is 5.91 Å². The highest BCUT2D eigenvalue weighted by Gasteiger charge is 2.52. The highest BCUT2D eigenvalue weighted by atomic mass is 16.2. The third-order valence-corrected chi connectivity index (χ3v) is 9.88. The maximum atomic E-state index is 13.0. The Bertz CT molecular complexity index is 1480. The molecule has 1 heterocycles. The first-order chi connectivity index (χ1) is 20.9. The van der Waals surface area contributed by atoms with Crippen molar-refractivity contribution in [3.63, 3.8) is 0 Å². The Morgan fingerprint density at radius 2 is 1.70 bits per heavy atom. The van der Waals surface area contributed by atoms with Gasteiger partial charge in [-0.2, -0.15) is 5.26 Å². The summed E-state index contributed by atoms with van der Waals surface area (Å²) < 4.78 is 0. The molecule has 2 aromatic rings. The Morgan fingerprint density at radius 1 is 1.09 bits per heavy atom. The van der Waals surface area contributed by atoms with Gasteiger partial charge in [-0.1, -0.05) is 31.4 Å². The van der Waals surface area contributed by atoms with E-state index in [4.69, 9.17) is 5.73 Å². The van der Waals surface area contributed by atoms with Gasteiger partial charge in [0.05, 0.1) is 11.5 Å². The topological polar surface area (TPSA) is 101 Å². The number of amidine groups is 1. The number of amides is 1. The van der Waals surface area contributed by atoms with E-state index in [2.05, 4.69) is 65.6 Å². The van der Waals surface area contributed by atoms with Crippen LogP contribution in [-0.2, 0) is 18.3 Å². The van der Waals surface area contributed by atoms with Gasteiger partial charge in [0.15, 0.2) is 0 Å². The van der Waals surface area contributed by atoms with E-state index >= 15 is 0 Å². The van der Waals surface area contributed by atoms with Crippen molar-refractivity contribution in [1.82, 2.24) is 20.0 Å². The van der Waals surface area contributed by atoms with E-state index in [0.717, 1.165) is 59.3 Å². The van der Waals surface area contributed by atoms with Crippen LogP contribution >= 0.6 is 0 Å². The molecule has 44 heavy (non-hydrogen) atoms. The van der Waals surface area contributed by atoms with Gasteiger partial charge in [0.2, 0.25) is 0 Å². The fourth-order valence-electron chi connectivity index (χ4n) is 7.41. The number of aryl methyl sites for hydroxylation is 2. The number of piperidine rings is 1. The second kappa shape index (κ2) is 12.1. The van der Waals surface area contributed by atoms with E-state index in [-0.39, 0.29) is 18.0 Å². The number of nitrogens with zero attached hydrogens (tertiary/aromatic N) is 5. The zero-order valence-electron chi connectivity index (χ0n) is 27.2. The van der Waals surface area contributed by atoms with Crippen LogP contribution in [0.25, 0.3) is 5.70 Å². The summed E-state index contributed by atoms with van der Waals surface area (Å²) in [5.41, 5.74) is 14.5. The standard InChI is InChI=1S/C36H47N7O/c1-22(40-21-23(2)43-30(20-37)17-29-18-33(29)43)19-36(35(38)39-4)31-13-11-25(24(3)41(5)6)15-26(31)9-10-27-16-28(12-14-32(27)36)34(44)42(7)8/h11-16,22,29-30,33,40H,2-3,9-10,17-19,21H2,1,4-8H3,(H2,38,39)/t22-,29+,30?,33-,36?/m0/s1. The number of likely N-dealkylation sites (tertiary alicyclic amines) is 1. The molecule has 5 atom stereocenters. The maximum absolute atomic E-state index is 13.0. The summed E-state index contributed by atoms with van der Waals surface area (Å²) in [6.07, 6.45) is 4.34. The van der Waals surface area contributed by atoms with Crippen molar-refractivity contribution < 1.29 is 4.79 Å². The van der Waals surface area contributed by atoms with Gasteiger partial charge in [0.1, 0.15) is 11.9 Å². The molecule has 0 radical (unpaired) electrons. The monoisotopic (exact) mass is 593 g/mol. The highest BCUT2D eigenvalue weighted by molar-refractivity contribution is 5.98. The lowest BCUT2D eigenvalue weighted by atomic mass is 9.67. The molecule has 3 N–H and O–H groups in total. The van der Waals surface area contributed by atoms with Gasteiger partial charge in [-0.3, -0.25) is 9.79 Å². The number of nitrogens with two attached hydrogens (primary N) is 1. The molecular weight excluding hydrogens is 546 g/mol. The zero-order valence-corrected chi connectivity index (χ0v) is 27.2. The fraction of sp³-hybridized carbons (Fsp3) is 0.472. The predicted octanol–water partition coefficient (Wildman–Crippen LogP) is 4.16. The number of nitriles is 1. The van der Waals surface area contributed by atoms with Crippen molar-refractivity contribution >= 4 is 17.4 Å². The minimum Gasteiger partial charge on any atom is -0.386 e. The van der Waals surface area contributed by atoms with Crippen molar-refractivity contribution in [2.75, 3.05) is 41.8 Å². The number of carbonyl (C=O) groups is 1. The van der Waals surface area contributed by atoms with Crippen molar-refractivity contribution in [3.8, 4) is 6.07 Å². The fourth-order valence-corrected chi connectivity index (χ4v) is 7.41. The Labute approximate surface area is 262 Å². The molecule has 8 nitrogen and oxygen atoms in total. The third kappa shape index (κ3) is 5.50. The number of benzene rings is 2. The van der Waals surface area contributed by atoms with Crippen LogP contribution in [0.2, 0.25) is 0 Å². The van der Waals surface area contributed by atoms with Crippen molar-refractivity contribution in [2.45, 2.75) is 62.6 Å². The molecule has 0 aromatic heterocycles. The first-order valence-electron chi connectivity index (χ1n) is 15.6. The highest BCUT2D eigenvalue weighted by Crippen LogP contribution is 2.49. The Hall–Kier alpha value is -4.09. The maximum Gasteiger partial charge on any atom is 0.253 e. The van der Waals surface area contributed by atoms with Gasteiger partial charge in [-0.25, -0.2) is 0 Å². The first-order valence-corrected chi connectivity index (χ1v) is 15.6. The van der Waals surface area contributed by atoms with Crippen LogP contribution < -0.4 is 11.1 Å². The SMILES string of the molecule is C=C(c1ccc2c(c1)CCc1cc(C(=O)N(C)C)ccc1C2(C[C@H](C)NCC(=C)N1C(C#N)C[C@@H]2C[C@@H]21)C(N)=NC)N(C)C. The lowest BCUT2D eigenvalue weighted by Gasteiger charge is -2.39. The Balaban J connectivity index is 1.55. The average molecular weight is 594 g/mol. The number of carbonyl (C=O) groups excluding carboxylic acids is 1. The zero-order chi connectivity index (χ0) is 31.9. The van der Waals surface area contributed by atoms with Gasteiger partial charge < -0.3 is 25.8 Å². The van der Waals surface area contributed by atoms with E-state index in [1.54, 1.807) is 26.0 Å². The summed E-state index contributed by atoms with van der Waals surface area (Å²) in [6, 6.07) is 15.5. The quantitative estimate of drug-likeness (QED) is 0.317. The summed E-state index contributed by atoms with van der Waals surface area (Å²) in [5.74, 6) is 1.16. The van der Waals surface area contributed by atoms with Crippen LogP contribution in [-0.4, -0.2) is 86.4 Å². The first kappa shape index (κ1) is 31.3. The van der Waals surface area contributed by atoms with Crippen molar-refractivity contribution in [3.05, 3.63) is 88.6 Å². The molecule has 1 amide bonds. The van der Waals surface area contributed by atoms with Crippen LogP contribution in [0.3, 0.4) is 0 Å². The molecule has 3 aliphatic rings. The summed E-state index contributed by atoms with van der Waals surface area (Å²) in [7, 11) is 9.32. The number of aliphatic imine (C=N–C) groups is 1. The molecule has 8 heteroatoms. The second-order valence-electron chi connectivity index (χ2n) is 13.2. The van der Waals surface area contributed by atoms with Crippen LogP contribution in [0.5, 0.6) is 0 Å². The number of hydrogen-bond acceptors (Lipinski definition) is 6. The van der Waals surface area contributed by atoms with E-state index in [9.17, 15) is 10.1 Å². The molecular formula is C36H47N7O. The van der Waals surface area contributed by atoms with Crippen LogP contribution in [0, 0.1) is 17.2 Å². The lowest BCUT2D eigenvalue weighted by molar-refractivity contribution is 0.0827. The molecule has 1 saturated carbocycles. The van der Waals surface area contributed by atoms with Gasteiger partial charge in [0, 0.05) is 70.8 Å². The molecule has 1 aliphatic heterocycles. The molecule has 0 bridgehead atoms. The predicted molar refractivity (Wildman–Crippen MR) is 178 cm³/mol. The number of nitrogens with one attached hydrogen (secondary N) is 1. The molecule has 0 spiro atoms. The Kier molecular flexibility index (Phi) is 8.64. The largest absolute Gasteiger partial charge is 0.386 e. The van der Waals surface area contributed by atoms with Gasteiger partial charge >= 0.3 is 0 Å². The van der Waals surface area contributed by atoms with Crippen LogP contribution in [0.15, 0.2) is 60.2 Å².